The Kier molecular flexibility index (Phi) is 5.57. The van der Waals surface area contributed by atoms with Crippen molar-refractivity contribution in [1.29, 1.82) is 0 Å². The fourth-order valence-electron chi connectivity index (χ4n) is 1.96. The minimum absolute atomic E-state index is 0.0374. The predicted octanol–water partition coefficient (Wildman–Crippen LogP) is 2.57. The summed E-state index contributed by atoms with van der Waals surface area (Å²) in [6.45, 7) is 1.69. The molecule has 0 bridgehead atoms. The fraction of sp³-hybridized carbons (Fsp3) is 0.176. The van der Waals surface area contributed by atoms with Crippen LogP contribution in [-0.2, 0) is 0 Å². The minimum Gasteiger partial charge on any atom is -0.350 e. The van der Waals surface area contributed by atoms with E-state index in [1.54, 1.807) is 6.92 Å². The first-order valence-corrected chi connectivity index (χ1v) is 7.16. The molecule has 0 fully saturated rings. The van der Waals surface area contributed by atoms with Gasteiger partial charge in [0.25, 0.3) is 11.8 Å². The number of halogens is 3. The molecule has 0 aliphatic heterocycles. The normalized spacial score (nSPS) is 10.3. The molecule has 0 unspecified atom stereocenters. The third kappa shape index (κ3) is 4.34. The first-order valence-electron chi connectivity index (χ1n) is 7.16. The van der Waals surface area contributed by atoms with Crippen LogP contribution in [0.4, 0.5) is 13.2 Å². The van der Waals surface area contributed by atoms with E-state index in [9.17, 15) is 22.8 Å². The Bertz CT molecular complexity index is 778. The molecular formula is C17H15F3N2O2. The standard InChI is InChI=1S/C17H15F3N2O2/c1-10-2-3-11(8-14(10)19)16(23)21-6-7-22-17(24)13-5-4-12(18)9-15(13)20/h2-5,8-9H,6-7H2,1H3,(H,21,23)(H,22,24). The zero-order valence-corrected chi connectivity index (χ0v) is 12.8. The number of rotatable bonds is 5. The van der Waals surface area contributed by atoms with E-state index in [2.05, 4.69) is 10.6 Å². The van der Waals surface area contributed by atoms with E-state index in [0.717, 1.165) is 18.2 Å². The molecule has 2 amide bonds. The van der Waals surface area contributed by atoms with E-state index < -0.39 is 29.3 Å². The van der Waals surface area contributed by atoms with Crippen LogP contribution in [0.5, 0.6) is 0 Å². The number of hydrogen-bond acceptors (Lipinski definition) is 2. The molecule has 0 spiro atoms. The third-order valence-corrected chi connectivity index (χ3v) is 3.31. The van der Waals surface area contributed by atoms with Crippen molar-refractivity contribution in [2.24, 2.45) is 0 Å². The highest BCUT2D eigenvalue weighted by atomic mass is 19.1. The highest BCUT2D eigenvalue weighted by molar-refractivity contribution is 5.95. The summed E-state index contributed by atoms with van der Waals surface area (Å²) in [5.74, 6) is -3.43. The van der Waals surface area contributed by atoms with Gasteiger partial charge in [0.1, 0.15) is 17.5 Å². The molecule has 2 aromatic carbocycles. The van der Waals surface area contributed by atoms with Gasteiger partial charge in [0.15, 0.2) is 0 Å². The molecule has 4 nitrogen and oxygen atoms in total. The van der Waals surface area contributed by atoms with Crippen LogP contribution in [0, 0.1) is 24.4 Å². The van der Waals surface area contributed by atoms with Crippen LogP contribution in [0.1, 0.15) is 26.3 Å². The molecule has 7 heteroatoms. The number of nitrogens with one attached hydrogen (secondary N) is 2. The van der Waals surface area contributed by atoms with Gasteiger partial charge in [0.2, 0.25) is 0 Å². The first kappa shape index (κ1) is 17.5. The maximum Gasteiger partial charge on any atom is 0.254 e. The van der Waals surface area contributed by atoms with Gasteiger partial charge in [-0.05, 0) is 36.8 Å². The summed E-state index contributed by atoms with van der Waals surface area (Å²) in [6, 6.07) is 6.72. The fourth-order valence-corrected chi connectivity index (χ4v) is 1.96. The lowest BCUT2D eigenvalue weighted by atomic mass is 10.1. The number of carbonyl (C=O) groups is 2. The van der Waals surface area contributed by atoms with Gasteiger partial charge < -0.3 is 10.6 Å². The second-order valence-electron chi connectivity index (χ2n) is 5.10. The molecule has 0 radical (unpaired) electrons. The van der Waals surface area contributed by atoms with Crippen molar-refractivity contribution in [2.45, 2.75) is 6.92 Å². The molecule has 0 aromatic heterocycles. The zero-order chi connectivity index (χ0) is 17.7. The predicted molar refractivity (Wildman–Crippen MR) is 82.2 cm³/mol. The molecule has 126 valence electrons. The van der Waals surface area contributed by atoms with Gasteiger partial charge in [-0.3, -0.25) is 9.59 Å². The molecule has 2 rings (SSSR count). The van der Waals surface area contributed by atoms with E-state index >= 15 is 0 Å². The topological polar surface area (TPSA) is 58.2 Å². The van der Waals surface area contributed by atoms with Gasteiger partial charge in [-0.1, -0.05) is 6.07 Å². The summed E-state index contributed by atoms with van der Waals surface area (Å²) >= 11 is 0. The van der Waals surface area contributed by atoms with Crippen LogP contribution in [0.15, 0.2) is 36.4 Å². The zero-order valence-electron chi connectivity index (χ0n) is 12.8. The second-order valence-corrected chi connectivity index (χ2v) is 5.10. The second kappa shape index (κ2) is 7.63. The Labute approximate surface area is 136 Å². The van der Waals surface area contributed by atoms with E-state index in [1.165, 1.54) is 12.1 Å². The van der Waals surface area contributed by atoms with Crippen LogP contribution in [-0.4, -0.2) is 24.9 Å². The highest BCUT2D eigenvalue weighted by Gasteiger charge is 2.12. The summed E-state index contributed by atoms with van der Waals surface area (Å²) in [6.07, 6.45) is 0. The monoisotopic (exact) mass is 336 g/mol. The van der Waals surface area contributed by atoms with Gasteiger partial charge in [0.05, 0.1) is 5.56 Å². The van der Waals surface area contributed by atoms with Crippen molar-refractivity contribution >= 4 is 11.8 Å². The van der Waals surface area contributed by atoms with Gasteiger partial charge >= 0.3 is 0 Å². The van der Waals surface area contributed by atoms with Crippen molar-refractivity contribution < 1.29 is 22.8 Å². The van der Waals surface area contributed by atoms with Gasteiger partial charge in [-0.25, -0.2) is 13.2 Å². The van der Waals surface area contributed by atoms with E-state index in [4.69, 9.17) is 0 Å². The Balaban J connectivity index is 1.82. The number of hydrogen-bond donors (Lipinski definition) is 2. The van der Waals surface area contributed by atoms with E-state index in [1.807, 2.05) is 0 Å². The van der Waals surface area contributed by atoms with Gasteiger partial charge in [-0.15, -0.1) is 0 Å². The first-order chi connectivity index (χ1) is 11.4. The van der Waals surface area contributed by atoms with Crippen LogP contribution in [0.2, 0.25) is 0 Å². The molecule has 0 atom stereocenters. The molecular weight excluding hydrogens is 321 g/mol. The Hall–Kier alpha value is -2.83. The molecule has 0 aliphatic rings. The molecule has 2 aromatic rings. The summed E-state index contributed by atoms with van der Waals surface area (Å²) < 4.78 is 39.6. The Morgan fingerprint density at radius 1 is 0.875 bits per heavy atom. The Morgan fingerprint density at radius 2 is 1.54 bits per heavy atom. The van der Waals surface area contributed by atoms with Crippen molar-refractivity contribution in [2.75, 3.05) is 13.1 Å². The summed E-state index contributed by atoms with van der Waals surface area (Å²) in [5, 5.41) is 4.90. The summed E-state index contributed by atoms with van der Waals surface area (Å²) in [7, 11) is 0. The third-order valence-electron chi connectivity index (χ3n) is 3.31. The maximum absolute atomic E-state index is 13.4. The largest absolute Gasteiger partial charge is 0.350 e. The Morgan fingerprint density at radius 3 is 2.17 bits per heavy atom. The number of benzene rings is 2. The molecule has 0 saturated carbocycles. The highest BCUT2D eigenvalue weighted by Crippen LogP contribution is 2.10. The number of carbonyl (C=O) groups excluding carboxylic acids is 2. The van der Waals surface area contributed by atoms with E-state index in [0.29, 0.717) is 11.6 Å². The lowest BCUT2D eigenvalue weighted by Gasteiger charge is -2.08. The molecule has 2 N–H and O–H groups in total. The van der Waals surface area contributed by atoms with Crippen molar-refractivity contribution in [3.05, 3.63) is 70.5 Å². The minimum atomic E-state index is -0.966. The SMILES string of the molecule is Cc1ccc(C(=O)NCCNC(=O)c2ccc(F)cc2F)cc1F. The number of aryl methyl sites for hydroxylation is 1. The summed E-state index contributed by atoms with van der Waals surface area (Å²) in [5.41, 5.74) is 0.303. The van der Waals surface area contributed by atoms with Crippen LogP contribution < -0.4 is 10.6 Å². The maximum atomic E-state index is 13.4. The summed E-state index contributed by atoms with van der Waals surface area (Å²) in [4.78, 5) is 23.6. The van der Waals surface area contributed by atoms with Crippen molar-refractivity contribution in [1.82, 2.24) is 10.6 Å². The average Bonchev–Trinajstić information content (AvgIpc) is 2.53. The molecule has 0 aliphatic carbocycles. The average molecular weight is 336 g/mol. The van der Waals surface area contributed by atoms with Crippen LogP contribution in [0.3, 0.4) is 0 Å². The van der Waals surface area contributed by atoms with Crippen molar-refractivity contribution in [3.63, 3.8) is 0 Å². The number of amides is 2. The lowest BCUT2D eigenvalue weighted by molar-refractivity contribution is 0.0925. The van der Waals surface area contributed by atoms with Crippen LogP contribution >= 0.6 is 0 Å². The molecule has 24 heavy (non-hydrogen) atoms. The van der Waals surface area contributed by atoms with Gasteiger partial charge in [-0.2, -0.15) is 0 Å². The molecule has 0 saturated heterocycles. The lowest BCUT2D eigenvalue weighted by Crippen LogP contribution is -2.35. The quantitative estimate of drug-likeness (QED) is 0.825. The van der Waals surface area contributed by atoms with Crippen molar-refractivity contribution in [3.8, 4) is 0 Å². The smallest absolute Gasteiger partial charge is 0.254 e. The van der Waals surface area contributed by atoms with E-state index in [-0.39, 0.29) is 24.2 Å². The molecule has 0 heterocycles. The van der Waals surface area contributed by atoms with Crippen LogP contribution in [0.25, 0.3) is 0 Å². The van der Waals surface area contributed by atoms with Gasteiger partial charge in [0, 0.05) is 24.7 Å².